The number of carbonyl (C=O) groups is 1. The maximum Gasteiger partial charge on any atom is 0.258 e. The topological polar surface area (TPSA) is 20.3 Å². The first-order valence-electron chi connectivity index (χ1n) is 6.93. The normalized spacial score (nSPS) is 14.0. The van der Waals surface area contributed by atoms with Gasteiger partial charge >= 0.3 is 0 Å². The van der Waals surface area contributed by atoms with Crippen LogP contribution in [0.5, 0.6) is 0 Å². The van der Waals surface area contributed by atoms with Crippen molar-refractivity contribution < 1.29 is 4.79 Å². The SMILES string of the molecule is Cc1cccc2c1N(C(=O)c1ccc(Br)c(Cl)c1)CCC2. The number of hydrogen-bond acceptors (Lipinski definition) is 1. The first kappa shape index (κ1) is 14.6. The van der Waals surface area contributed by atoms with Crippen molar-refractivity contribution in [2.24, 2.45) is 0 Å². The standard InChI is InChI=1S/C17H15BrClNO/c1-11-4-2-5-12-6-3-9-20(16(11)12)17(21)13-7-8-14(18)15(19)10-13/h2,4-5,7-8,10H,3,6,9H2,1H3. The predicted octanol–water partition coefficient (Wildman–Crippen LogP) is 5.00. The van der Waals surface area contributed by atoms with E-state index < -0.39 is 0 Å². The van der Waals surface area contributed by atoms with E-state index >= 15 is 0 Å². The second kappa shape index (κ2) is 5.82. The fraction of sp³-hybridized carbons (Fsp3) is 0.235. The van der Waals surface area contributed by atoms with Crippen molar-refractivity contribution in [2.75, 3.05) is 11.4 Å². The van der Waals surface area contributed by atoms with Crippen LogP contribution in [0.2, 0.25) is 5.02 Å². The minimum atomic E-state index is 0.0136. The van der Waals surface area contributed by atoms with Crippen LogP contribution >= 0.6 is 27.5 Å². The first-order valence-corrected chi connectivity index (χ1v) is 8.10. The van der Waals surface area contributed by atoms with Crippen molar-refractivity contribution in [1.82, 2.24) is 0 Å². The van der Waals surface area contributed by atoms with Crippen molar-refractivity contribution in [2.45, 2.75) is 19.8 Å². The second-order valence-electron chi connectivity index (χ2n) is 5.27. The molecule has 0 spiro atoms. The molecule has 0 fully saturated rings. The number of anilines is 1. The smallest absolute Gasteiger partial charge is 0.258 e. The molecular weight excluding hydrogens is 350 g/mol. The zero-order valence-corrected chi connectivity index (χ0v) is 14.0. The van der Waals surface area contributed by atoms with Crippen LogP contribution in [0, 0.1) is 6.92 Å². The van der Waals surface area contributed by atoms with Crippen molar-refractivity contribution >= 4 is 39.1 Å². The van der Waals surface area contributed by atoms with E-state index in [1.165, 1.54) is 5.56 Å². The van der Waals surface area contributed by atoms with Gasteiger partial charge in [0.15, 0.2) is 0 Å². The summed E-state index contributed by atoms with van der Waals surface area (Å²) in [5.74, 6) is 0.0136. The molecule has 0 aliphatic carbocycles. The Kier molecular flexibility index (Phi) is 4.05. The summed E-state index contributed by atoms with van der Waals surface area (Å²) >= 11 is 9.47. The third kappa shape index (κ3) is 2.72. The van der Waals surface area contributed by atoms with Crippen molar-refractivity contribution in [1.29, 1.82) is 0 Å². The minimum absolute atomic E-state index is 0.0136. The van der Waals surface area contributed by atoms with Crippen molar-refractivity contribution in [3.05, 3.63) is 62.6 Å². The third-order valence-corrected chi connectivity index (χ3v) is 5.06. The second-order valence-corrected chi connectivity index (χ2v) is 6.53. The van der Waals surface area contributed by atoms with Crippen molar-refractivity contribution in [3.8, 4) is 0 Å². The molecule has 1 amide bonds. The lowest BCUT2D eigenvalue weighted by atomic mass is 9.97. The van der Waals surface area contributed by atoms with Gasteiger partial charge in [-0.25, -0.2) is 0 Å². The molecule has 0 saturated heterocycles. The largest absolute Gasteiger partial charge is 0.308 e. The van der Waals surface area contributed by atoms with Crippen LogP contribution in [-0.4, -0.2) is 12.5 Å². The Hall–Kier alpha value is -1.32. The minimum Gasteiger partial charge on any atom is -0.308 e. The summed E-state index contributed by atoms with van der Waals surface area (Å²) in [6.07, 6.45) is 2.02. The molecule has 2 aromatic carbocycles. The van der Waals surface area contributed by atoms with Gasteiger partial charge in [0.05, 0.1) is 10.7 Å². The molecular formula is C17H15BrClNO. The Bertz CT molecular complexity index is 714. The highest BCUT2D eigenvalue weighted by Crippen LogP contribution is 2.32. The van der Waals surface area contributed by atoms with Crippen LogP contribution in [0.1, 0.15) is 27.9 Å². The van der Waals surface area contributed by atoms with Crippen LogP contribution in [0.3, 0.4) is 0 Å². The van der Waals surface area contributed by atoms with Gasteiger partial charge in [0, 0.05) is 16.6 Å². The van der Waals surface area contributed by atoms with Crippen LogP contribution in [0.4, 0.5) is 5.69 Å². The number of hydrogen-bond donors (Lipinski definition) is 0. The summed E-state index contributed by atoms with van der Waals surface area (Å²) in [6.45, 7) is 2.81. The lowest BCUT2D eigenvalue weighted by Gasteiger charge is -2.31. The average molecular weight is 365 g/mol. The van der Waals surface area contributed by atoms with Gasteiger partial charge in [0.1, 0.15) is 0 Å². The fourth-order valence-corrected chi connectivity index (χ4v) is 3.26. The van der Waals surface area contributed by atoms with Gasteiger partial charge in [0.25, 0.3) is 5.91 Å². The van der Waals surface area contributed by atoms with Gasteiger partial charge < -0.3 is 4.90 Å². The van der Waals surface area contributed by atoms with Gasteiger partial charge in [0.2, 0.25) is 0 Å². The van der Waals surface area contributed by atoms with Gasteiger partial charge in [-0.2, -0.15) is 0 Å². The number of carbonyl (C=O) groups excluding carboxylic acids is 1. The Morgan fingerprint density at radius 1 is 1.29 bits per heavy atom. The highest BCUT2D eigenvalue weighted by Gasteiger charge is 2.25. The molecule has 21 heavy (non-hydrogen) atoms. The molecule has 1 aliphatic heterocycles. The van der Waals surface area contributed by atoms with Crippen LogP contribution in [0.25, 0.3) is 0 Å². The lowest BCUT2D eigenvalue weighted by molar-refractivity contribution is 0.0985. The molecule has 0 atom stereocenters. The summed E-state index contributed by atoms with van der Waals surface area (Å²) < 4.78 is 0.802. The van der Waals surface area contributed by atoms with E-state index in [1.54, 1.807) is 6.07 Å². The highest BCUT2D eigenvalue weighted by atomic mass is 79.9. The summed E-state index contributed by atoms with van der Waals surface area (Å²) in [4.78, 5) is 14.7. The monoisotopic (exact) mass is 363 g/mol. The summed E-state index contributed by atoms with van der Waals surface area (Å²) in [6, 6.07) is 11.6. The van der Waals surface area contributed by atoms with E-state index in [0.717, 1.165) is 35.1 Å². The molecule has 2 aromatic rings. The molecule has 4 heteroatoms. The summed E-state index contributed by atoms with van der Waals surface area (Å²) in [5.41, 5.74) is 4.08. The zero-order valence-electron chi connectivity index (χ0n) is 11.7. The predicted molar refractivity (Wildman–Crippen MR) is 90.3 cm³/mol. The molecule has 0 radical (unpaired) electrons. The van der Waals surface area contributed by atoms with Gasteiger partial charge in [-0.3, -0.25) is 4.79 Å². The van der Waals surface area contributed by atoms with E-state index in [2.05, 4.69) is 41.1 Å². The molecule has 2 nitrogen and oxygen atoms in total. The number of aryl methyl sites for hydroxylation is 2. The molecule has 0 bridgehead atoms. The van der Waals surface area contributed by atoms with E-state index in [0.29, 0.717) is 10.6 Å². The Balaban J connectivity index is 2.02. The van der Waals surface area contributed by atoms with Gasteiger partial charge in [-0.15, -0.1) is 0 Å². The van der Waals surface area contributed by atoms with E-state index in [4.69, 9.17) is 11.6 Å². The maximum absolute atomic E-state index is 12.8. The Labute approximate surface area is 137 Å². The van der Waals surface area contributed by atoms with Gasteiger partial charge in [-0.1, -0.05) is 29.8 Å². The number of amides is 1. The molecule has 0 saturated carbocycles. The summed E-state index contributed by atoms with van der Waals surface area (Å²) in [5, 5.41) is 0.558. The number of rotatable bonds is 1. The number of nitrogens with zero attached hydrogens (tertiary/aromatic N) is 1. The number of benzene rings is 2. The quantitative estimate of drug-likeness (QED) is 0.697. The molecule has 3 rings (SSSR count). The number of para-hydroxylation sites is 1. The van der Waals surface area contributed by atoms with Crippen LogP contribution < -0.4 is 4.90 Å². The molecule has 0 unspecified atom stereocenters. The molecule has 108 valence electrons. The van der Waals surface area contributed by atoms with E-state index in [-0.39, 0.29) is 5.91 Å². The lowest BCUT2D eigenvalue weighted by Crippen LogP contribution is -2.36. The number of fused-ring (bicyclic) bond motifs is 1. The fourth-order valence-electron chi connectivity index (χ4n) is 2.84. The molecule has 0 N–H and O–H groups in total. The van der Waals surface area contributed by atoms with E-state index in [9.17, 15) is 4.79 Å². The van der Waals surface area contributed by atoms with E-state index in [1.807, 2.05) is 17.0 Å². The molecule has 1 aliphatic rings. The third-order valence-electron chi connectivity index (χ3n) is 3.83. The Morgan fingerprint density at radius 2 is 2.10 bits per heavy atom. The number of halogens is 2. The zero-order chi connectivity index (χ0) is 15.0. The Morgan fingerprint density at radius 3 is 2.86 bits per heavy atom. The first-order chi connectivity index (χ1) is 10.1. The molecule has 1 heterocycles. The van der Waals surface area contributed by atoms with Crippen molar-refractivity contribution in [3.63, 3.8) is 0 Å². The maximum atomic E-state index is 12.8. The average Bonchev–Trinajstić information content (AvgIpc) is 2.49. The summed E-state index contributed by atoms with van der Waals surface area (Å²) in [7, 11) is 0. The van der Waals surface area contributed by atoms with Crippen LogP contribution in [0.15, 0.2) is 40.9 Å². The highest BCUT2D eigenvalue weighted by molar-refractivity contribution is 9.10. The molecule has 0 aromatic heterocycles. The van der Waals surface area contributed by atoms with Crippen LogP contribution in [-0.2, 0) is 6.42 Å². The van der Waals surface area contributed by atoms with Gasteiger partial charge in [-0.05, 0) is 65.0 Å².